The Labute approximate surface area is 141 Å². The maximum atomic E-state index is 12.2. The van der Waals surface area contributed by atoms with E-state index in [-0.39, 0.29) is 17.0 Å². The molecular weight excluding hydrogens is 328 g/mol. The maximum absolute atomic E-state index is 12.2. The van der Waals surface area contributed by atoms with Gasteiger partial charge in [-0.1, -0.05) is 11.8 Å². The lowest BCUT2D eigenvalue weighted by atomic mass is 10.2. The third kappa shape index (κ3) is 3.64. The smallest absolute Gasteiger partial charge is 0.284 e. The molecule has 1 N–H and O–H groups in total. The predicted molar refractivity (Wildman–Crippen MR) is 87.1 cm³/mol. The number of nitrogens with zero attached hydrogens (tertiary/aromatic N) is 3. The van der Waals surface area contributed by atoms with Crippen molar-refractivity contribution in [1.29, 1.82) is 5.26 Å². The Kier molecular flexibility index (Phi) is 4.63. The summed E-state index contributed by atoms with van der Waals surface area (Å²) in [4.78, 5) is 12.2. The molecule has 3 rings (SSSR count). The van der Waals surface area contributed by atoms with Gasteiger partial charge < -0.3 is 14.2 Å². The summed E-state index contributed by atoms with van der Waals surface area (Å²) in [5, 5.41) is 19.1. The summed E-state index contributed by atoms with van der Waals surface area (Å²) in [6, 6.07) is 12.1. The van der Waals surface area contributed by atoms with E-state index in [1.54, 1.807) is 43.3 Å². The molecular formula is C16H12N4O3S. The molecule has 2 aromatic heterocycles. The van der Waals surface area contributed by atoms with E-state index >= 15 is 0 Å². The highest BCUT2D eigenvalue weighted by molar-refractivity contribution is 8.00. The van der Waals surface area contributed by atoms with E-state index in [4.69, 9.17) is 14.1 Å². The molecule has 7 nitrogen and oxygen atoms in total. The Balaban J connectivity index is 1.60. The van der Waals surface area contributed by atoms with Gasteiger partial charge in [0.1, 0.15) is 0 Å². The maximum Gasteiger partial charge on any atom is 0.284 e. The number of carbonyl (C=O) groups excluding carboxylic acids is 1. The fourth-order valence-corrected chi connectivity index (χ4v) is 2.52. The molecule has 8 heteroatoms. The molecule has 120 valence electrons. The standard InChI is InChI=1S/C16H12N4O3S/c1-10(14(21)18-12-6-4-11(9-17)5-7-12)24-16-20-19-15(23-16)13-3-2-8-22-13/h2-8,10H,1H3,(H,18,21)/t10-/m1/s1. The molecule has 0 unspecified atom stereocenters. The molecule has 0 saturated carbocycles. The molecule has 0 saturated heterocycles. The molecule has 0 bridgehead atoms. The predicted octanol–water partition coefficient (Wildman–Crippen LogP) is 3.32. The van der Waals surface area contributed by atoms with Crippen LogP contribution in [0.5, 0.6) is 0 Å². The van der Waals surface area contributed by atoms with Crippen LogP contribution in [-0.4, -0.2) is 21.4 Å². The number of anilines is 1. The number of nitrogens with one attached hydrogen (secondary N) is 1. The summed E-state index contributed by atoms with van der Waals surface area (Å²) < 4.78 is 10.6. The molecule has 0 aliphatic rings. The fourth-order valence-electron chi connectivity index (χ4n) is 1.83. The Bertz CT molecular complexity index is 866. The van der Waals surface area contributed by atoms with Crippen molar-refractivity contribution in [3.63, 3.8) is 0 Å². The second-order valence-corrected chi connectivity index (χ2v) is 6.08. The van der Waals surface area contributed by atoms with Crippen LogP contribution in [0.2, 0.25) is 0 Å². The zero-order chi connectivity index (χ0) is 16.9. The van der Waals surface area contributed by atoms with Crippen molar-refractivity contribution in [3.05, 3.63) is 48.2 Å². The van der Waals surface area contributed by atoms with Gasteiger partial charge in [0, 0.05) is 5.69 Å². The number of furan rings is 1. The van der Waals surface area contributed by atoms with Gasteiger partial charge in [-0.05, 0) is 43.3 Å². The molecule has 0 aliphatic heterocycles. The van der Waals surface area contributed by atoms with Crippen LogP contribution in [0.3, 0.4) is 0 Å². The van der Waals surface area contributed by atoms with Crippen molar-refractivity contribution in [2.75, 3.05) is 5.32 Å². The molecule has 0 spiro atoms. The quantitative estimate of drug-likeness (QED) is 0.710. The van der Waals surface area contributed by atoms with Crippen LogP contribution in [0.15, 0.2) is 56.7 Å². The molecule has 2 heterocycles. The topological polar surface area (TPSA) is 105 Å². The van der Waals surface area contributed by atoms with E-state index < -0.39 is 5.25 Å². The minimum absolute atomic E-state index is 0.206. The highest BCUT2D eigenvalue weighted by Gasteiger charge is 2.19. The third-order valence-corrected chi connectivity index (χ3v) is 4.00. The first-order valence-corrected chi connectivity index (χ1v) is 7.89. The van der Waals surface area contributed by atoms with Crippen molar-refractivity contribution < 1.29 is 13.6 Å². The van der Waals surface area contributed by atoms with Gasteiger partial charge in [-0.25, -0.2) is 0 Å². The van der Waals surface area contributed by atoms with E-state index in [2.05, 4.69) is 15.5 Å². The van der Waals surface area contributed by atoms with Gasteiger partial charge in [-0.3, -0.25) is 4.79 Å². The molecule has 3 aromatic rings. The van der Waals surface area contributed by atoms with Gasteiger partial charge in [0.2, 0.25) is 5.91 Å². The average Bonchev–Trinajstić information content (AvgIpc) is 3.26. The SMILES string of the molecule is C[C@@H](Sc1nnc(-c2ccco2)o1)C(=O)Nc1ccc(C#N)cc1. The van der Waals surface area contributed by atoms with E-state index in [1.165, 1.54) is 6.26 Å². The summed E-state index contributed by atoms with van der Waals surface area (Å²) >= 11 is 1.15. The van der Waals surface area contributed by atoms with E-state index in [1.807, 2.05) is 6.07 Å². The van der Waals surface area contributed by atoms with Crippen molar-refractivity contribution in [3.8, 4) is 17.7 Å². The van der Waals surface area contributed by atoms with Crippen molar-refractivity contribution >= 4 is 23.4 Å². The van der Waals surface area contributed by atoms with Crippen LogP contribution in [0.1, 0.15) is 12.5 Å². The van der Waals surface area contributed by atoms with Crippen LogP contribution in [0, 0.1) is 11.3 Å². The summed E-state index contributed by atoms with van der Waals surface area (Å²) in [5.41, 5.74) is 1.15. The zero-order valence-electron chi connectivity index (χ0n) is 12.6. The lowest BCUT2D eigenvalue weighted by molar-refractivity contribution is -0.115. The number of carbonyl (C=O) groups is 1. The van der Waals surface area contributed by atoms with E-state index in [0.717, 1.165) is 11.8 Å². The Hall–Kier alpha value is -3.05. The minimum Gasteiger partial charge on any atom is -0.459 e. The second-order valence-electron chi connectivity index (χ2n) is 4.79. The molecule has 24 heavy (non-hydrogen) atoms. The number of benzene rings is 1. The highest BCUT2D eigenvalue weighted by Crippen LogP contribution is 2.26. The molecule has 1 aromatic carbocycles. The summed E-state index contributed by atoms with van der Waals surface area (Å²) in [6.45, 7) is 1.74. The van der Waals surface area contributed by atoms with Crippen LogP contribution in [-0.2, 0) is 4.79 Å². The zero-order valence-corrected chi connectivity index (χ0v) is 13.4. The van der Waals surface area contributed by atoms with Crippen LogP contribution >= 0.6 is 11.8 Å². The van der Waals surface area contributed by atoms with Gasteiger partial charge in [-0.2, -0.15) is 5.26 Å². The first-order valence-electron chi connectivity index (χ1n) is 7.01. The number of aromatic nitrogens is 2. The van der Waals surface area contributed by atoms with Crippen LogP contribution < -0.4 is 5.32 Å². The van der Waals surface area contributed by atoms with Crippen LogP contribution in [0.4, 0.5) is 5.69 Å². The van der Waals surface area contributed by atoms with Crippen molar-refractivity contribution in [1.82, 2.24) is 10.2 Å². The number of rotatable bonds is 5. The molecule has 1 atom stereocenters. The van der Waals surface area contributed by atoms with Gasteiger partial charge >= 0.3 is 0 Å². The average molecular weight is 340 g/mol. The Morgan fingerprint density at radius 2 is 2.08 bits per heavy atom. The summed E-state index contributed by atoms with van der Waals surface area (Å²) in [5.74, 6) is 0.536. The fraction of sp³-hybridized carbons (Fsp3) is 0.125. The van der Waals surface area contributed by atoms with Crippen LogP contribution in [0.25, 0.3) is 11.7 Å². The molecule has 0 radical (unpaired) electrons. The first-order chi connectivity index (χ1) is 11.7. The van der Waals surface area contributed by atoms with Crippen molar-refractivity contribution in [2.24, 2.45) is 0 Å². The lowest BCUT2D eigenvalue weighted by Gasteiger charge is -2.09. The van der Waals surface area contributed by atoms with E-state index in [9.17, 15) is 4.79 Å². The second kappa shape index (κ2) is 7.02. The third-order valence-electron chi connectivity index (χ3n) is 3.07. The van der Waals surface area contributed by atoms with Crippen molar-refractivity contribution in [2.45, 2.75) is 17.4 Å². The Morgan fingerprint density at radius 1 is 1.29 bits per heavy atom. The Morgan fingerprint density at radius 3 is 2.75 bits per heavy atom. The molecule has 0 aliphatic carbocycles. The molecule has 1 amide bonds. The highest BCUT2D eigenvalue weighted by atomic mass is 32.2. The van der Waals surface area contributed by atoms with Gasteiger partial charge in [-0.15, -0.1) is 10.2 Å². The first kappa shape index (κ1) is 15.8. The number of thioether (sulfide) groups is 1. The minimum atomic E-state index is -0.439. The monoisotopic (exact) mass is 340 g/mol. The largest absolute Gasteiger partial charge is 0.459 e. The van der Waals surface area contributed by atoms with Gasteiger partial charge in [0.05, 0.1) is 23.1 Å². The normalized spacial score (nSPS) is 11.7. The van der Waals surface area contributed by atoms with E-state index in [0.29, 0.717) is 17.0 Å². The van der Waals surface area contributed by atoms with Gasteiger partial charge in [0.15, 0.2) is 5.76 Å². The molecule has 0 fully saturated rings. The number of hydrogen-bond acceptors (Lipinski definition) is 7. The number of hydrogen-bond donors (Lipinski definition) is 1. The number of nitriles is 1. The summed E-state index contributed by atoms with van der Waals surface area (Å²) in [7, 11) is 0. The lowest BCUT2D eigenvalue weighted by Crippen LogP contribution is -2.22. The summed E-state index contributed by atoms with van der Waals surface area (Å²) in [6.07, 6.45) is 1.51. The number of amides is 1. The van der Waals surface area contributed by atoms with Gasteiger partial charge in [0.25, 0.3) is 11.1 Å².